The lowest BCUT2D eigenvalue weighted by Gasteiger charge is -2.04. The molecule has 2 rings (SSSR count). The minimum absolute atomic E-state index is 0.157. The predicted octanol–water partition coefficient (Wildman–Crippen LogP) is 2.43. The third-order valence-corrected chi connectivity index (χ3v) is 2.45. The van der Waals surface area contributed by atoms with Crippen molar-refractivity contribution in [2.45, 2.75) is 6.61 Å². The lowest BCUT2D eigenvalue weighted by atomic mass is 10.3. The second kappa shape index (κ2) is 4.11. The Morgan fingerprint density at radius 2 is 2.21 bits per heavy atom. The summed E-state index contributed by atoms with van der Waals surface area (Å²) in [5.74, 6) is 0.645. The Kier molecular flexibility index (Phi) is 2.65. The van der Waals surface area contributed by atoms with Crippen LogP contribution in [-0.4, -0.2) is 10.1 Å². The summed E-state index contributed by atoms with van der Waals surface area (Å²) < 4.78 is 5.38. The average Bonchev–Trinajstić information content (AvgIpc) is 2.69. The molecule has 0 aliphatic carbocycles. The molecule has 0 atom stereocenters. The van der Waals surface area contributed by atoms with Gasteiger partial charge in [-0.05, 0) is 12.1 Å². The molecule has 0 amide bonds. The van der Waals surface area contributed by atoms with Gasteiger partial charge in [-0.3, -0.25) is 0 Å². The molecule has 72 valence electrons. The minimum atomic E-state index is 0.157. The first-order valence-electron chi connectivity index (χ1n) is 4.15. The van der Waals surface area contributed by atoms with Crippen molar-refractivity contribution in [1.29, 1.82) is 0 Å². The standard InChI is InChI=1S/C10H9NO2S/c12-8-3-1-2-4-9(8)13-7-10-11-5-6-14-10/h1-6,12H,7H2. The van der Waals surface area contributed by atoms with Crippen molar-refractivity contribution in [3.63, 3.8) is 0 Å². The lowest BCUT2D eigenvalue weighted by molar-refractivity contribution is 0.288. The van der Waals surface area contributed by atoms with Gasteiger partial charge in [0.25, 0.3) is 0 Å². The topological polar surface area (TPSA) is 42.4 Å². The number of hydrogen-bond acceptors (Lipinski definition) is 4. The van der Waals surface area contributed by atoms with Gasteiger partial charge in [0, 0.05) is 11.6 Å². The molecule has 0 unspecified atom stereocenters. The highest BCUT2D eigenvalue weighted by Crippen LogP contribution is 2.25. The van der Waals surface area contributed by atoms with E-state index in [0.717, 1.165) is 5.01 Å². The number of ether oxygens (including phenoxy) is 1. The van der Waals surface area contributed by atoms with Gasteiger partial charge in [0.15, 0.2) is 11.5 Å². The van der Waals surface area contributed by atoms with E-state index in [0.29, 0.717) is 12.4 Å². The molecular formula is C10H9NO2S. The first-order chi connectivity index (χ1) is 6.86. The van der Waals surface area contributed by atoms with Crippen LogP contribution in [0.15, 0.2) is 35.8 Å². The van der Waals surface area contributed by atoms with Crippen LogP contribution in [0.3, 0.4) is 0 Å². The van der Waals surface area contributed by atoms with Crippen molar-refractivity contribution in [3.05, 3.63) is 40.8 Å². The van der Waals surface area contributed by atoms with Crippen LogP contribution in [0.5, 0.6) is 11.5 Å². The summed E-state index contributed by atoms with van der Waals surface area (Å²) in [6.45, 7) is 0.398. The molecule has 0 bridgehead atoms. The molecule has 0 saturated heterocycles. The Morgan fingerprint density at radius 3 is 2.93 bits per heavy atom. The molecule has 0 aliphatic rings. The monoisotopic (exact) mass is 207 g/mol. The van der Waals surface area contributed by atoms with Gasteiger partial charge in [-0.25, -0.2) is 4.98 Å². The predicted molar refractivity (Wildman–Crippen MR) is 54.6 cm³/mol. The molecule has 0 fully saturated rings. The summed E-state index contributed by atoms with van der Waals surface area (Å²) in [5, 5.41) is 12.2. The van der Waals surface area contributed by atoms with Crippen LogP contribution in [0.2, 0.25) is 0 Å². The summed E-state index contributed by atoms with van der Waals surface area (Å²) in [6, 6.07) is 6.89. The maximum Gasteiger partial charge on any atom is 0.161 e. The highest BCUT2D eigenvalue weighted by Gasteiger charge is 2.01. The maximum atomic E-state index is 9.40. The number of para-hydroxylation sites is 2. The van der Waals surface area contributed by atoms with Crippen LogP contribution in [0.25, 0.3) is 0 Å². The van der Waals surface area contributed by atoms with Crippen LogP contribution in [-0.2, 0) is 6.61 Å². The van der Waals surface area contributed by atoms with Gasteiger partial charge in [-0.1, -0.05) is 12.1 Å². The largest absolute Gasteiger partial charge is 0.504 e. The maximum absolute atomic E-state index is 9.40. The van der Waals surface area contributed by atoms with Gasteiger partial charge in [0.05, 0.1) is 0 Å². The summed E-state index contributed by atoms with van der Waals surface area (Å²) in [5.41, 5.74) is 0. The van der Waals surface area contributed by atoms with E-state index in [1.165, 1.54) is 11.3 Å². The van der Waals surface area contributed by atoms with Crippen molar-refractivity contribution < 1.29 is 9.84 Å². The molecule has 0 aliphatic heterocycles. The lowest BCUT2D eigenvalue weighted by Crippen LogP contribution is -1.94. The van der Waals surface area contributed by atoms with Crippen LogP contribution in [0, 0.1) is 0 Å². The SMILES string of the molecule is Oc1ccccc1OCc1nccs1. The number of rotatable bonds is 3. The van der Waals surface area contributed by atoms with Crippen LogP contribution < -0.4 is 4.74 Å². The number of aromatic hydroxyl groups is 1. The van der Waals surface area contributed by atoms with Crippen LogP contribution >= 0.6 is 11.3 Å². The third kappa shape index (κ3) is 2.03. The van der Waals surface area contributed by atoms with Crippen molar-refractivity contribution in [1.82, 2.24) is 4.98 Å². The van der Waals surface area contributed by atoms with Gasteiger partial charge in [0.2, 0.25) is 0 Å². The summed E-state index contributed by atoms with van der Waals surface area (Å²) in [6.07, 6.45) is 1.73. The second-order valence-corrected chi connectivity index (χ2v) is 3.66. The summed E-state index contributed by atoms with van der Waals surface area (Å²) >= 11 is 1.53. The van der Waals surface area contributed by atoms with Crippen LogP contribution in [0.1, 0.15) is 5.01 Å². The minimum Gasteiger partial charge on any atom is -0.504 e. The smallest absolute Gasteiger partial charge is 0.161 e. The zero-order chi connectivity index (χ0) is 9.80. The molecule has 1 aromatic carbocycles. The van der Waals surface area contributed by atoms with Crippen molar-refractivity contribution in [3.8, 4) is 11.5 Å². The Labute approximate surface area is 85.6 Å². The molecule has 2 aromatic rings. The molecule has 0 saturated carbocycles. The van der Waals surface area contributed by atoms with Crippen molar-refractivity contribution >= 4 is 11.3 Å². The molecule has 1 heterocycles. The first kappa shape index (κ1) is 9.02. The van der Waals surface area contributed by atoms with E-state index in [4.69, 9.17) is 4.74 Å². The fourth-order valence-electron chi connectivity index (χ4n) is 1.04. The Bertz CT molecular complexity index is 400. The number of aromatic nitrogens is 1. The Hall–Kier alpha value is -1.55. The summed E-state index contributed by atoms with van der Waals surface area (Å²) in [4.78, 5) is 4.07. The number of phenols is 1. The normalized spacial score (nSPS) is 10.0. The van der Waals surface area contributed by atoms with Gasteiger partial charge in [0.1, 0.15) is 11.6 Å². The van der Waals surface area contributed by atoms with Gasteiger partial charge < -0.3 is 9.84 Å². The van der Waals surface area contributed by atoms with E-state index >= 15 is 0 Å². The van der Waals surface area contributed by atoms with Crippen LogP contribution in [0.4, 0.5) is 0 Å². The molecule has 0 spiro atoms. The van der Waals surface area contributed by atoms with Crippen molar-refractivity contribution in [2.75, 3.05) is 0 Å². The summed E-state index contributed by atoms with van der Waals surface area (Å²) in [7, 11) is 0. The van der Waals surface area contributed by atoms with Gasteiger partial charge in [-0.15, -0.1) is 11.3 Å². The second-order valence-electron chi connectivity index (χ2n) is 2.68. The van der Waals surface area contributed by atoms with Gasteiger partial charge in [-0.2, -0.15) is 0 Å². The van der Waals surface area contributed by atoms with E-state index in [2.05, 4.69) is 4.98 Å². The van der Waals surface area contributed by atoms with Gasteiger partial charge >= 0.3 is 0 Å². The Morgan fingerprint density at radius 1 is 1.36 bits per heavy atom. The molecular weight excluding hydrogens is 198 g/mol. The van der Waals surface area contributed by atoms with E-state index in [1.807, 2.05) is 11.4 Å². The van der Waals surface area contributed by atoms with E-state index in [9.17, 15) is 5.11 Å². The average molecular weight is 207 g/mol. The fourth-order valence-corrected chi connectivity index (χ4v) is 1.57. The zero-order valence-corrected chi connectivity index (χ0v) is 8.20. The third-order valence-electron chi connectivity index (χ3n) is 1.70. The highest BCUT2D eigenvalue weighted by molar-refractivity contribution is 7.09. The number of hydrogen-bond donors (Lipinski definition) is 1. The molecule has 4 heteroatoms. The number of benzene rings is 1. The fraction of sp³-hybridized carbons (Fsp3) is 0.100. The van der Waals surface area contributed by atoms with Crippen molar-refractivity contribution in [2.24, 2.45) is 0 Å². The Balaban J connectivity index is 2.02. The molecule has 1 aromatic heterocycles. The zero-order valence-electron chi connectivity index (χ0n) is 7.38. The molecule has 3 nitrogen and oxygen atoms in total. The molecule has 1 N–H and O–H groups in total. The molecule has 0 radical (unpaired) electrons. The number of phenolic OH excluding ortho intramolecular Hbond substituents is 1. The number of nitrogens with zero attached hydrogens (tertiary/aromatic N) is 1. The van der Waals surface area contributed by atoms with E-state index in [1.54, 1.807) is 24.4 Å². The van der Waals surface area contributed by atoms with E-state index in [-0.39, 0.29) is 5.75 Å². The quantitative estimate of drug-likeness (QED) is 0.840. The highest BCUT2D eigenvalue weighted by atomic mass is 32.1. The molecule has 14 heavy (non-hydrogen) atoms. The first-order valence-corrected chi connectivity index (χ1v) is 5.03. The van der Waals surface area contributed by atoms with E-state index < -0.39 is 0 Å². The number of thiazole rings is 1.